The Morgan fingerprint density at radius 3 is 2.59 bits per heavy atom. The number of fused-ring (bicyclic) bond motifs is 1. The van der Waals surface area contributed by atoms with Crippen molar-refractivity contribution in [2.24, 2.45) is 0 Å². The van der Waals surface area contributed by atoms with Crippen molar-refractivity contribution in [2.75, 3.05) is 23.1 Å². The lowest BCUT2D eigenvalue weighted by Gasteiger charge is -2.16. The molecule has 1 atom stereocenters. The molecule has 0 fully saturated rings. The summed E-state index contributed by atoms with van der Waals surface area (Å²) in [5.74, 6) is -1.31. The lowest BCUT2D eigenvalue weighted by atomic mass is 10.1. The smallest absolute Gasteiger partial charge is 0.254 e. The fourth-order valence-electron chi connectivity index (χ4n) is 2.93. The Bertz CT molecular complexity index is 989. The summed E-state index contributed by atoms with van der Waals surface area (Å²) in [6.07, 6.45) is -0.279. The molecule has 29 heavy (non-hydrogen) atoms. The summed E-state index contributed by atoms with van der Waals surface area (Å²) in [6.45, 7) is 1.37. The Balaban J connectivity index is 1.73. The number of hydrogen-bond acceptors (Lipinski definition) is 5. The molecule has 9 nitrogen and oxygen atoms in total. The van der Waals surface area contributed by atoms with Crippen LogP contribution in [-0.2, 0) is 14.4 Å². The first kappa shape index (κ1) is 19.9. The summed E-state index contributed by atoms with van der Waals surface area (Å²) in [6, 6.07) is 10.3. The van der Waals surface area contributed by atoms with Crippen molar-refractivity contribution < 1.29 is 23.9 Å². The van der Waals surface area contributed by atoms with E-state index in [1.807, 2.05) is 0 Å². The van der Waals surface area contributed by atoms with Crippen molar-refractivity contribution in [1.29, 1.82) is 0 Å². The van der Waals surface area contributed by atoms with Crippen molar-refractivity contribution in [2.45, 2.75) is 19.4 Å². The van der Waals surface area contributed by atoms with Gasteiger partial charge in [-0.1, -0.05) is 12.1 Å². The van der Waals surface area contributed by atoms with Crippen molar-refractivity contribution in [3.05, 3.63) is 48.0 Å². The summed E-state index contributed by atoms with van der Waals surface area (Å²) in [4.78, 5) is 48.6. The zero-order chi connectivity index (χ0) is 21.0. The number of benzene rings is 2. The van der Waals surface area contributed by atoms with E-state index < -0.39 is 23.8 Å². The molecule has 0 spiro atoms. The van der Waals surface area contributed by atoms with Gasteiger partial charge in [-0.2, -0.15) is 0 Å². The van der Waals surface area contributed by atoms with Crippen LogP contribution in [0.5, 0.6) is 5.75 Å². The molecule has 0 radical (unpaired) electrons. The molecule has 0 bridgehead atoms. The highest BCUT2D eigenvalue weighted by Crippen LogP contribution is 2.28. The largest absolute Gasteiger partial charge is 0.495 e. The second kappa shape index (κ2) is 8.42. The summed E-state index contributed by atoms with van der Waals surface area (Å²) >= 11 is 0. The third kappa shape index (κ3) is 4.70. The number of ether oxygens (including phenoxy) is 1. The molecule has 2 aromatic carbocycles. The van der Waals surface area contributed by atoms with E-state index in [-0.39, 0.29) is 12.3 Å². The van der Waals surface area contributed by atoms with Crippen molar-refractivity contribution in [1.82, 2.24) is 5.32 Å². The molecule has 4 amide bonds. The highest BCUT2D eigenvalue weighted by atomic mass is 16.5. The van der Waals surface area contributed by atoms with Crippen LogP contribution in [0.3, 0.4) is 0 Å². The number of nitrogens with one attached hydrogen (secondary N) is 4. The lowest BCUT2D eigenvalue weighted by molar-refractivity contribution is -0.122. The Labute approximate surface area is 166 Å². The van der Waals surface area contributed by atoms with Gasteiger partial charge in [0.2, 0.25) is 17.7 Å². The predicted octanol–water partition coefficient (Wildman–Crippen LogP) is 1.73. The molecule has 0 saturated carbocycles. The summed E-state index contributed by atoms with van der Waals surface area (Å²) < 4.78 is 5.22. The number of amides is 4. The van der Waals surface area contributed by atoms with Gasteiger partial charge in [0.25, 0.3) is 5.91 Å². The monoisotopic (exact) mass is 396 g/mol. The first-order valence-electron chi connectivity index (χ1n) is 8.83. The molecule has 0 aromatic heterocycles. The minimum atomic E-state index is -1.04. The molecule has 0 unspecified atom stereocenters. The number of carbonyl (C=O) groups is 4. The zero-order valence-corrected chi connectivity index (χ0v) is 15.9. The molecule has 0 saturated heterocycles. The molecule has 1 aliphatic heterocycles. The molecule has 2 aromatic rings. The van der Waals surface area contributed by atoms with Crippen molar-refractivity contribution in [3.63, 3.8) is 0 Å². The van der Waals surface area contributed by atoms with E-state index in [0.29, 0.717) is 28.4 Å². The first-order valence-corrected chi connectivity index (χ1v) is 8.83. The van der Waals surface area contributed by atoms with Gasteiger partial charge in [0.05, 0.1) is 30.5 Å². The van der Waals surface area contributed by atoms with Crippen LogP contribution in [0.1, 0.15) is 23.7 Å². The molecule has 9 heteroatoms. The van der Waals surface area contributed by atoms with Crippen LogP contribution < -0.4 is 26.0 Å². The van der Waals surface area contributed by atoms with Gasteiger partial charge in [-0.25, -0.2) is 0 Å². The van der Waals surface area contributed by atoms with E-state index in [9.17, 15) is 19.2 Å². The van der Waals surface area contributed by atoms with Gasteiger partial charge < -0.3 is 26.0 Å². The molecule has 1 aliphatic rings. The van der Waals surface area contributed by atoms with Gasteiger partial charge in [-0.05, 0) is 30.3 Å². The van der Waals surface area contributed by atoms with Gasteiger partial charge in [0.15, 0.2) is 0 Å². The standard InChI is InChI=1S/C20H20N4O5/c1-11(25)21-12-7-8-17(29-2)15(9-12)22-18(26)10-16-20(28)23-14-6-4-3-5-13(14)19(27)24-16/h3-9,16H,10H2,1-2H3,(H,21,25)(H,22,26)(H,23,28)(H,24,27)/t16-/m0/s1. The van der Waals surface area contributed by atoms with E-state index in [1.165, 1.54) is 14.0 Å². The van der Waals surface area contributed by atoms with E-state index in [4.69, 9.17) is 4.74 Å². The van der Waals surface area contributed by atoms with Crippen LogP contribution in [0.15, 0.2) is 42.5 Å². The van der Waals surface area contributed by atoms with Crippen LogP contribution in [0.2, 0.25) is 0 Å². The molecule has 4 N–H and O–H groups in total. The number of carbonyl (C=O) groups excluding carboxylic acids is 4. The molecular formula is C20H20N4O5. The minimum absolute atomic E-state index is 0.259. The van der Waals surface area contributed by atoms with E-state index in [0.717, 1.165) is 0 Å². The summed E-state index contributed by atoms with van der Waals surface area (Å²) in [7, 11) is 1.44. The van der Waals surface area contributed by atoms with Crippen LogP contribution in [0.4, 0.5) is 17.1 Å². The Morgan fingerprint density at radius 1 is 1.10 bits per heavy atom. The normalized spacial score (nSPS) is 15.3. The van der Waals surface area contributed by atoms with E-state index in [1.54, 1.807) is 42.5 Å². The second-order valence-electron chi connectivity index (χ2n) is 6.41. The van der Waals surface area contributed by atoms with Gasteiger partial charge in [0.1, 0.15) is 11.8 Å². The van der Waals surface area contributed by atoms with Crippen LogP contribution in [0, 0.1) is 0 Å². The second-order valence-corrected chi connectivity index (χ2v) is 6.41. The number of para-hydroxylation sites is 1. The SMILES string of the molecule is COc1ccc(NC(C)=O)cc1NC(=O)C[C@@H]1NC(=O)c2ccccc2NC1=O. The topological polar surface area (TPSA) is 126 Å². The van der Waals surface area contributed by atoms with E-state index >= 15 is 0 Å². The van der Waals surface area contributed by atoms with Crippen LogP contribution >= 0.6 is 0 Å². The third-order valence-corrected chi connectivity index (χ3v) is 4.23. The summed E-state index contributed by atoms with van der Waals surface area (Å²) in [5, 5.41) is 10.5. The van der Waals surface area contributed by atoms with Gasteiger partial charge in [0, 0.05) is 12.6 Å². The van der Waals surface area contributed by atoms with Crippen LogP contribution in [-0.4, -0.2) is 36.8 Å². The van der Waals surface area contributed by atoms with Crippen molar-refractivity contribution in [3.8, 4) is 5.75 Å². The average molecular weight is 396 g/mol. The van der Waals surface area contributed by atoms with Gasteiger partial charge in [-0.3, -0.25) is 19.2 Å². The number of methoxy groups -OCH3 is 1. The maximum absolute atomic E-state index is 12.5. The Hall–Kier alpha value is -3.88. The highest BCUT2D eigenvalue weighted by Gasteiger charge is 2.29. The molecule has 150 valence electrons. The number of anilines is 3. The molecule has 1 heterocycles. The third-order valence-electron chi connectivity index (χ3n) is 4.23. The van der Waals surface area contributed by atoms with Crippen LogP contribution in [0.25, 0.3) is 0 Å². The van der Waals surface area contributed by atoms with Gasteiger partial charge in [-0.15, -0.1) is 0 Å². The lowest BCUT2D eigenvalue weighted by Crippen LogP contribution is -2.43. The zero-order valence-electron chi connectivity index (χ0n) is 15.9. The Morgan fingerprint density at radius 2 is 1.86 bits per heavy atom. The number of rotatable bonds is 5. The fourth-order valence-corrected chi connectivity index (χ4v) is 2.93. The Kier molecular flexibility index (Phi) is 5.77. The fraction of sp³-hybridized carbons (Fsp3) is 0.200. The predicted molar refractivity (Wildman–Crippen MR) is 107 cm³/mol. The van der Waals surface area contributed by atoms with Crippen molar-refractivity contribution >= 4 is 40.7 Å². The first-order chi connectivity index (χ1) is 13.9. The summed E-state index contributed by atoms with van der Waals surface area (Å²) in [5.41, 5.74) is 1.52. The maximum atomic E-state index is 12.5. The van der Waals surface area contributed by atoms with Gasteiger partial charge >= 0.3 is 0 Å². The average Bonchev–Trinajstić information content (AvgIpc) is 2.78. The highest BCUT2D eigenvalue weighted by molar-refractivity contribution is 6.11. The molecule has 3 rings (SSSR count). The molecule has 0 aliphatic carbocycles. The maximum Gasteiger partial charge on any atom is 0.254 e. The quantitative estimate of drug-likeness (QED) is 0.612. The van der Waals surface area contributed by atoms with E-state index in [2.05, 4.69) is 21.3 Å². The molecular weight excluding hydrogens is 376 g/mol. The minimum Gasteiger partial charge on any atom is -0.495 e. The number of hydrogen-bond donors (Lipinski definition) is 4.